The molecule has 0 aromatic carbocycles. The number of carboxylic acid groups (broad SMARTS) is 1. The molecule has 2 aliphatic heterocycles. The minimum absolute atomic E-state index is 0.159. The average molecular weight is 576 g/mol. The Kier molecular flexibility index (Phi) is 9.28. The highest BCUT2D eigenvalue weighted by Gasteiger charge is 2.26. The number of hydrogen-bond acceptors (Lipinski definition) is 11. The van der Waals surface area contributed by atoms with E-state index in [1.165, 1.54) is 5.56 Å². The lowest BCUT2D eigenvalue weighted by Crippen LogP contribution is -2.46. The molecular formula is C26H37N7O6S. The summed E-state index contributed by atoms with van der Waals surface area (Å²) in [4.78, 5) is 39.9. The second-order valence-corrected chi connectivity index (χ2v) is 12.5. The maximum absolute atomic E-state index is 12.0. The van der Waals surface area contributed by atoms with Gasteiger partial charge in [-0.2, -0.15) is 0 Å². The van der Waals surface area contributed by atoms with Gasteiger partial charge in [0.15, 0.2) is 9.84 Å². The molecule has 0 bridgehead atoms. The summed E-state index contributed by atoms with van der Waals surface area (Å²) in [6.45, 7) is 5.68. The van der Waals surface area contributed by atoms with E-state index in [-0.39, 0.29) is 18.9 Å². The van der Waals surface area contributed by atoms with Crippen molar-refractivity contribution in [2.75, 3.05) is 60.3 Å². The van der Waals surface area contributed by atoms with Crippen molar-refractivity contribution in [1.82, 2.24) is 20.3 Å². The highest BCUT2D eigenvalue weighted by Crippen LogP contribution is 2.33. The standard InChI is InChI=1S/C26H37N7O6S/c1-16-22(28-15-21(25(34)35)32-26(36)39-13-14-40(3,37)38)29-17(2)30-24(16)33-11-8-18(9-12-33)20-7-6-19-5-4-10-27-23(19)31-20/h6-7,18,21H,4-5,8-15H2,1-3H3,(H,27,31)(H,32,36)(H,34,35)(H,28,29,30)/t21-/m0/s1. The van der Waals surface area contributed by atoms with Gasteiger partial charge in [-0.1, -0.05) is 6.07 Å². The van der Waals surface area contributed by atoms with Gasteiger partial charge in [0, 0.05) is 49.6 Å². The van der Waals surface area contributed by atoms with Crippen LogP contribution < -0.4 is 20.9 Å². The Morgan fingerprint density at radius 3 is 2.65 bits per heavy atom. The van der Waals surface area contributed by atoms with Gasteiger partial charge in [-0.05, 0) is 51.2 Å². The predicted octanol–water partition coefficient (Wildman–Crippen LogP) is 1.87. The third-order valence-corrected chi connectivity index (χ3v) is 8.02. The summed E-state index contributed by atoms with van der Waals surface area (Å²) in [6.07, 6.45) is 4.07. The number of pyridine rings is 1. The minimum Gasteiger partial charge on any atom is -0.480 e. The molecule has 0 saturated carbocycles. The molecule has 1 atom stereocenters. The number of piperidine rings is 1. The number of rotatable bonds is 10. The number of carboxylic acids is 1. The van der Waals surface area contributed by atoms with Crippen molar-refractivity contribution in [2.24, 2.45) is 0 Å². The Morgan fingerprint density at radius 2 is 1.95 bits per heavy atom. The third kappa shape index (κ3) is 7.71. The summed E-state index contributed by atoms with van der Waals surface area (Å²) in [5.74, 6) is 1.55. The van der Waals surface area contributed by atoms with Crippen molar-refractivity contribution in [3.8, 4) is 0 Å². The summed E-state index contributed by atoms with van der Waals surface area (Å²) in [5.41, 5.74) is 3.18. The summed E-state index contributed by atoms with van der Waals surface area (Å²) in [6, 6.07) is 3.03. The smallest absolute Gasteiger partial charge is 0.407 e. The van der Waals surface area contributed by atoms with E-state index in [0.29, 0.717) is 17.6 Å². The molecule has 40 heavy (non-hydrogen) atoms. The van der Waals surface area contributed by atoms with Crippen molar-refractivity contribution in [2.45, 2.75) is 51.5 Å². The molecule has 14 heteroatoms. The SMILES string of the molecule is Cc1nc(NC[C@H](NC(=O)OCCS(C)(=O)=O)C(=O)O)c(C)c(N2CCC(c3ccc4c(n3)NCCC4)CC2)n1. The van der Waals surface area contributed by atoms with Crippen LogP contribution in [0.5, 0.6) is 0 Å². The summed E-state index contributed by atoms with van der Waals surface area (Å²) in [7, 11) is -3.31. The topological polar surface area (TPSA) is 176 Å². The molecule has 2 aromatic heterocycles. The molecule has 13 nitrogen and oxygen atoms in total. The van der Waals surface area contributed by atoms with E-state index in [0.717, 1.165) is 74.5 Å². The van der Waals surface area contributed by atoms with E-state index in [2.05, 4.69) is 43.0 Å². The van der Waals surface area contributed by atoms with Crippen molar-refractivity contribution < 1.29 is 27.9 Å². The minimum atomic E-state index is -3.31. The molecule has 1 amide bonds. The first kappa shape index (κ1) is 29.3. The quantitative estimate of drug-likeness (QED) is 0.324. The Labute approximate surface area is 234 Å². The predicted molar refractivity (Wildman–Crippen MR) is 151 cm³/mol. The first-order valence-electron chi connectivity index (χ1n) is 13.4. The number of hydrogen-bond donors (Lipinski definition) is 4. The van der Waals surface area contributed by atoms with Crippen molar-refractivity contribution in [3.05, 3.63) is 34.8 Å². The van der Waals surface area contributed by atoms with Gasteiger partial charge >= 0.3 is 12.1 Å². The average Bonchev–Trinajstić information content (AvgIpc) is 2.91. The molecule has 4 heterocycles. The Balaban J connectivity index is 1.36. The van der Waals surface area contributed by atoms with Gasteiger partial charge in [-0.15, -0.1) is 0 Å². The fraction of sp³-hybridized carbons (Fsp3) is 0.577. The van der Waals surface area contributed by atoms with Crippen LogP contribution in [0.2, 0.25) is 0 Å². The lowest BCUT2D eigenvalue weighted by molar-refractivity contribution is -0.138. The number of nitrogens with zero attached hydrogens (tertiary/aromatic N) is 4. The van der Waals surface area contributed by atoms with Gasteiger partial charge in [0.1, 0.15) is 35.9 Å². The largest absolute Gasteiger partial charge is 0.480 e. The Bertz CT molecular complexity index is 1350. The number of anilines is 3. The Morgan fingerprint density at radius 1 is 1.20 bits per heavy atom. The first-order valence-corrected chi connectivity index (χ1v) is 15.5. The lowest BCUT2D eigenvalue weighted by Gasteiger charge is -2.34. The zero-order valence-corrected chi connectivity index (χ0v) is 23.9. The monoisotopic (exact) mass is 575 g/mol. The molecule has 1 fully saturated rings. The highest BCUT2D eigenvalue weighted by molar-refractivity contribution is 7.90. The van der Waals surface area contributed by atoms with Crippen molar-refractivity contribution in [1.29, 1.82) is 0 Å². The van der Waals surface area contributed by atoms with Crippen LogP contribution in [-0.4, -0.2) is 91.4 Å². The summed E-state index contributed by atoms with van der Waals surface area (Å²) >= 11 is 0. The maximum Gasteiger partial charge on any atom is 0.407 e. The number of sulfone groups is 1. The fourth-order valence-corrected chi connectivity index (χ4v) is 5.31. The van der Waals surface area contributed by atoms with Gasteiger partial charge in [-0.3, -0.25) is 0 Å². The molecular weight excluding hydrogens is 538 g/mol. The number of aryl methyl sites for hydroxylation is 2. The van der Waals surface area contributed by atoms with Crippen LogP contribution >= 0.6 is 0 Å². The number of fused-ring (bicyclic) bond motifs is 1. The molecule has 2 aromatic rings. The highest BCUT2D eigenvalue weighted by atomic mass is 32.2. The lowest BCUT2D eigenvalue weighted by atomic mass is 9.92. The normalized spacial score (nSPS) is 16.4. The molecule has 0 unspecified atom stereocenters. The van der Waals surface area contributed by atoms with Crippen LogP contribution in [-0.2, 0) is 25.8 Å². The number of carbonyl (C=O) groups is 2. The second kappa shape index (κ2) is 12.7. The van der Waals surface area contributed by atoms with Crippen molar-refractivity contribution >= 4 is 39.4 Å². The van der Waals surface area contributed by atoms with Crippen LogP contribution in [0.25, 0.3) is 0 Å². The number of alkyl carbamates (subject to hydrolysis) is 1. The van der Waals surface area contributed by atoms with Crippen LogP contribution in [0.1, 0.15) is 47.8 Å². The van der Waals surface area contributed by atoms with Gasteiger partial charge in [-0.25, -0.2) is 33.0 Å². The van der Waals surface area contributed by atoms with Gasteiger partial charge in [0.05, 0.1) is 5.75 Å². The van der Waals surface area contributed by atoms with Crippen molar-refractivity contribution in [3.63, 3.8) is 0 Å². The number of ether oxygens (including phenoxy) is 1. The number of carbonyl (C=O) groups excluding carboxylic acids is 1. The van der Waals surface area contributed by atoms with E-state index in [9.17, 15) is 23.1 Å². The van der Waals surface area contributed by atoms with Crippen LogP contribution in [0.15, 0.2) is 12.1 Å². The van der Waals surface area contributed by atoms with E-state index in [4.69, 9.17) is 9.72 Å². The summed E-state index contributed by atoms with van der Waals surface area (Å²) in [5, 5.41) is 18.2. The molecule has 218 valence electrons. The molecule has 0 spiro atoms. The van der Waals surface area contributed by atoms with Crippen LogP contribution in [0, 0.1) is 13.8 Å². The molecule has 1 saturated heterocycles. The second-order valence-electron chi connectivity index (χ2n) is 10.3. The number of aliphatic carboxylic acids is 1. The molecule has 0 radical (unpaired) electrons. The zero-order chi connectivity index (χ0) is 28.9. The Hall–Kier alpha value is -3.68. The molecule has 2 aliphatic rings. The first-order chi connectivity index (χ1) is 19.0. The van der Waals surface area contributed by atoms with Gasteiger partial charge in [0.25, 0.3) is 0 Å². The van der Waals surface area contributed by atoms with Gasteiger partial charge < -0.3 is 30.7 Å². The maximum atomic E-state index is 12.0. The molecule has 4 rings (SSSR count). The van der Waals surface area contributed by atoms with Crippen LogP contribution in [0.3, 0.4) is 0 Å². The van der Waals surface area contributed by atoms with Crippen LogP contribution in [0.4, 0.5) is 22.2 Å². The fourth-order valence-electron chi connectivity index (χ4n) is 4.92. The molecule has 0 aliphatic carbocycles. The zero-order valence-electron chi connectivity index (χ0n) is 23.1. The van der Waals surface area contributed by atoms with E-state index in [1.54, 1.807) is 6.92 Å². The van der Waals surface area contributed by atoms with E-state index >= 15 is 0 Å². The summed E-state index contributed by atoms with van der Waals surface area (Å²) < 4.78 is 27.2. The molecule has 4 N–H and O–H groups in total. The number of aromatic nitrogens is 3. The third-order valence-electron chi connectivity index (χ3n) is 7.11. The number of amides is 1. The number of nitrogens with one attached hydrogen (secondary N) is 3. The van der Waals surface area contributed by atoms with E-state index < -0.39 is 27.9 Å². The van der Waals surface area contributed by atoms with Gasteiger partial charge in [0.2, 0.25) is 0 Å². The van der Waals surface area contributed by atoms with E-state index in [1.807, 2.05) is 6.92 Å².